The van der Waals surface area contributed by atoms with Crippen LogP contribution in [0.25, 0.3) is 28.0 Å². The number of nitrogens with zero attached hydrogens (tertiary/aromatic N) is 4. The molecule has 32 heavy (non-hydrogen) atoms. The Balaban J connectivity index is 1.45. The number of carbonyl (C=O) groups excluding carboxylic acids is 1. The third-order valence-electron chi connectivity index (χ3n) is 5.34. The molecule has 0 bridgehead atoms. The average molecular weight is 443 g/mol. The van der Waals surface area contributed by atoms with Crippen molar-refractivity contribution in [3.8, 4) is 17.1 Å². The predicted octanol–water partition coefficient (Wildman–Crippen LogP) is 5.56. The fraction of sp³-hybridized carbons (Fsp3) is 0.167. The van der Waals surface area contributed by atoms with Crippen molar-refractivity contribution >= 4 is 33.3 Å². The number of aromatic nitrogens is 5. The molecule has 7 nitrogen and oxygen atoms in total. The highest BCUT2D eigenvalue weighted by molar-refractivity contribution is 7.14. The van der Waals surface area contributed by atoms with E-state index in [1.54, 1.807) is 17.1 Å². The molecule has 0 saturated carbocycles. The molecule has 0 radical (unpaired) electrons. The van der Waals surface area contributed by atoms with Crippen molar-refractivity contribution in [3.63, 3.8) is 0 Å². The first kappa shape index (κ1) is 20.1. The highest BCUT2D eigenvalue weighted by Crippen LogP contribution is 2.34. The van der Waals surface area contributed by atoms with Gasteiger partial charge in [-0.1, -0.05) is 38.1 Å². The van der Waals surface area contributed by atoms with E-state index >= 15 is 0 Å². The van der Waals surface area contributed by atoms with Crippen LogP contribution in [0.5, 0.6) is 0 Å². The van der Waals surface area contributed by atoms with Gasteiger partial charge in [0.15, 0.2) is 10.9 Å². The Labute approximate surface area is 189 Å². The van der Waals surface area contributed by atoms with Crippen LogP contribution in [0.1, 0.15) is 41.5 Å². The first-order valence-electron chi connectivity index (χ1n) is 10.4. The van der Waals surface area contributed by atoms with E-state index in [0.717, 1.165) is 33.5 Å². The molecule has 1 aromatic carbocycles. The molecule has 4 heterocycles. The van der Waals surface area contributed by atoms with Gasteiger partial charge in [-0.3, -0.25) is 10.1 Å². The first-order chi connectivity index (χ1) is 15.5. The van der Waals surface area contributed by atoms with Gasteiger partial charge in [0.25, 0.3) is 5.91 Å². The third-order valence-corrected chi connectivity index (χ3v) is 6.10. The third kappa shape index (κ3) is 3.48. The summed E-state index contributed by atoms with van der Waals surface area (Å²) in [4.78, 5) is 25.6. The molecule has 4 aromatic heterocycles. The molecular formula is C24H22N6OS. The van der Waals surface area contributed by atoms with Crippen LogP contribution in [0.2, 0.25) is 0 Å². The fourth-order valence-corrected chi connectivity index (χ4v) is 4.66. The molecule has 0 saturated heterocycles. The van der Waals surface area contributed by atoms with Crippen LogP contribution >= 0.6 is 11.3 Å². The van der Waals surface area contributed by atoms with Crippen molar-refractivity contribution in [1.82, 2.24) is 24.7 Å². The van der Waals surface area contributed by atoms with Gasteiger partial charge in [0.2, 0.25) is 0 Å². The van der Waals surface area contributed by atoms with Gasteiger partial charge in [0.1, 0.15) is 0 Å². The van der Waals surface area contributed by atoms with Gasteiger partial charge in [-0.2, -0.15) is 5.10 Å². The van der Waals surface area contributed by atoms with E-state index in [0.29, 0.717) is 16.5 Å². The van der Waals surface area contributed by atoms with Crippen LogP contribution in [0.15, 0.2) is 60.2 Å². The highest BCUT2D eigenvalue weighted by atomic mass is 32.1. The van der Waals surface area contributed by atoms with Gasteiger partial charge in [0, 0.05) is 33.7 Å². The lowest BCUT2D eigenvalue weighted by atomic mass is 10.1. The topological polar surface area (TPSA) is 88.5 Å². The molecule has 1 amide bonds. The zero-order valence-electron chi connectivity index (χ0n) is 18.0. The summed E-state index contributed by atoms with van der Waals surface area (Å²) in [7, 11) is 0. The monoisotopic (exact) mass is 442 g/mol. The number of hydrogen-bond acceptors (Lipinski definition) is 5. The number of aromatic amines is 1. The van der Waals surface area contributed by atoms with Gasteiger partial charge in [-0.15, -0.1) is 11.3 Å². The van der Waals surface area contributed by atoms with Gasteiger partial charge in [-0.05, 0) is 31.0 Å². The van der Waals surface area contributed by atoms with Gasteiger partial charge in [-0.25, -0.2) is 14.6 Å². The summed E-state index contributed by atoms with van der Waals surface area (Å²) in [6.45, 7) is 6.11. The Bertz CT molecular complexity index is 1410. The summed E-state index contributed by atoms with van der Waals surface area (Å²) in [5.74, 6) is 0.537. The zero-order valence-corrected chi connectivity index (χ0v) is 18.8. The second kappa shape index (κ2) is 8.05. The molecule has 8 heteroatoms. The number of hydrogen-bond donors (Lipinski definition) is 2. The standard InChI is InChI=1S/C24H22N6OS/c1-14(2)22-17(12-26-30(22)20-10-6-7-11-25-20)23(31)29-24-28-19(13-32-24)21-15(3)27-18-9-5-4-8-16(18)21/h4-14,27H,1-3H3,(H,28,29,31). The molecule has 0 aliphatic heterocycles. The van der Waals surface area contributed by atoms with Crippen LogP contribution in [-0.2, 0) is 0 Å². The molecule has 0 aliphatic carbocycles. The predicted molar refractivity (Wildman–Crippen MR) is 128 cm³/mol. The average Bonchev–Trinajstić information content (AvgIpc) is 3.50. The molecule has 0 aliphatic rings. The SMILES string of the molecule is Cc1[nH]c2ccccc2c1-c1csc(NC(=O)c2cnn(-c3ccccn3)c2C(C)C)n1. The van der Waals surface area contributed by atoms with E-state index in [1.165, 1.54) is 11.3 Å². The molecule has 5 aromatic rings. The maximum atomic E-state index is 13.1. The van der Waals surface area contributed by atoms with E-state index in [-0.39, 0.29) is 11.8 Å². The molecule has 0 spiro atoms. The number of carbonyl (C=O) groups is 1. The van der Waals surface area contributed by atoms with Crippen molar-refractivity contribution in [2.45, 2.75) is 26.7 Å². The summed E-state index contributed by atoms with van der Waals surface area (Å²) in [6, 6.07) is 13.8. The number of rotatable bonds is 5. The number of nitrogens with one attached hydrogen (secondary N) is 2. The summed E-state index contributed by atoms with van der Waals surface area (Å²) in [5.41, 5.74) is 5.35. The highest BCUT2D eigenvalue weighted by Gasteiger charge is 2.22. The van der Waals surface area contributed by atoms with Crippen LogP contribution in [-0.4, -0.2) is 30.6 Å². The van der Waals surface area contributed by atoms with Gasteiger partial charge in [0.05, 0.1) is 23.1 Å². The number of thiazole rings is 1. The largest absolute Gasteiger partial charge is 0.358 e. The molecule has 2 N–H and O–H groups in total. The lowest BCUT2D eigenvalue weighted by Crippen LogP contribution is -2.15. The minimum atomic E-state index is -0.229. The second-order valence-electron chi connectivity index (χ2n) is 7.86. The molecule has 0 unspecified atom stereocenters. The van der Waals surface area contributed by atoms with Crippen molar-refractivity contribution < 1.29 is 4.79 Å². The number of H-pyrrole nitrogens is 1. The Morgan fingerprint density at radius 2 is 1.97 bits per heavy atom. The zero-order chi connectivity index (χ0) is 22.2. The lowest BCUT2D eigenvalue weighted by molar-refractivity contribution is 0.102. The van der Waals surface area contributed by atoms with E-state index < -0.39 is 0 Å². The number of fused-ring (bicyclic) bond motifs is 1. The number of para-hydroxylation sites is 1. The molecule has 0 atom stereocenters. The maximum absolute atomic E-state index is 13.1. The Morgan fingerprint density at radius 3 is 2.75 bits per heavy atom. The van der Waals surface area contributed by atoms with Crippen LogP contribution in [0, 0.1) is 6.92 Å². The van der Waals surface area contributed by atoms with Crippen molar-refractivity contribution in [2.75, 3.05) is 5.32 Å². The van der Waals surface area contributed by atoms with Gasteiger partial charge >= 0.3 is 0 Å². The maximum Gasteiger partial charge on any atom is 0.260 e. The Kier molecular flexibility index (Phi) is 5.07. The lowest BCUT2D eigenvalue weighted by Gasteiger charge is -2.11. The first-order valence-corrected chi connectivity index (χ1v) is 11.2. The minimum absolute atomic E-state index is 0.0842. The molecule has 160 valence electrons. The van der Waals surface area contributed by atoms with E-state index in [4.69, 9.17) is 4.98 Å². The van der Waals surface area contributed by atoms with Crippen LogP contribution < -0.4 is 5.32 Å². The number of pyridine rings is 1. The van der Waals surface area contributed by atoms with Crippen molar-refractivity contribution in [2.24, 2.45) is 0 Å². The molecule has 5 rings (SSSR count). The summed E-state index contributed by atoms with van der Waals surface area (Å²) >= 11 is 1.41. The minimum Gasteiger partial charge on any atom is -0.358 e. The normalized spacial score (nSPS) is 11.4. The number of amides is 1. The van der Waals surface area contributed by atoms with Crippen molar-refractivity contribution in [3.05, 3.63) is 77.2 Å². The Hall–Kier alpha value is -3.78. The van der Waals surface area contributed by atoms with E-state index in [9.17, 15) is 4.79 Å². The van der Waals surface area contributed by atoms with E-state index in [2.05, 4.69) is 26.4 Å². The fourth-order valence-electron chi connectivity index (χ4n) is 3.97. The second-order valence-corrected chi connectivity index (χ2v) is 8.72. The number of benzene rings is 1. The number of anilines is 1. The number of aryl methyl sites for hydroxylation is 1. The quantitative estimate of drug-likeness (QED) is 0.373. The molecule has 0 fully saturated rings. The van der Waals surface area contributed by atoms with Crippen molar-refractivity contribution in [1.29, 1.82) is 0 Å². The van der Waals surface area contributed by atoms with E-state index in [1.807, 2.05) is 62.5 Å². The van der Waals surface area contributed by atoms with Crippen LogP contribution in [0.3, 0.4) is 0 Å². The smallest absolute Gasteiger partial charge is 0.260 e. The van der Waals surface area contributed by atoms with Gasteiger partial charge < -0.3 is 4.98 Å². The summed E-state index contributed by atoms with van der Waals surface area (Å²) in [5, 5.41) is 11.0. The Morgan fingerprint density at radius 1 is 1.16 bits per heavy atom. The molecular weight excluding hydrogens is 420 g/mol. The summed E-state index contributed by atoms with van der Waals surface area (Å²) < 4.78 is 1.72. The summed E-state index contributed by atoms with van der Waals surface area (Å²) in [6.07, 6.45) is 3.31. The van der Waals surface area contributed by atoms with Crippen LogP contribution in [0.4, 0.5) is 5.13 Å².